The first kappa shape index (κ1) is 11.3. The third kappa shape index (κ3) is 2.26. The van der Waals surface area contributed by atoms with Crippen LogP contribution in [0.15, 0.2) is 48.5 Å². The number of rotatable bonds is 2. The van der Waals surface area contributed by atoms with Gasteiger partial charge in [0.2, 0.25) is 0 Å². The van der Waals surface area contributed by atoms with Gasteiger partial charge in [-0.3, -0.25) is 0 Å². The van der Waals surface area contributed by atoms with Gasteiger partial charge in [-0.1, -0.05) is 42.0 Å². The van der Waals surface area contributed by atoms with Crippen LogP contribution in [-0.4, -0.2) is 0 Å². The quantitative estimate of drug-likeness (QED) is 0.811. The van der Waals surface area contributed by atoms with Crippen LogP contribution in [0.1, 0.15) is 35.6 Å². The maximum atomic E-state index is 3.66. The van der Waals surface area contributed by atoms with E-state index in [-0.39, 0.29) is 0 Å². The van der Waals surface area contributed by atoms with Gasteiger partial charge in [-0.25, -0.2) is 0 Å². The summed E-state index contributed by atoms with van der Waals surface area (Å²) in [6.07, 6.45) is 3.73. The number of anilines is 1. The fourth-order valence-corrected chi connectivity index (χ4v) is 2.75. The van der Waals surface area contributed by atoms with E-state index in [4.69, 9.17) is 0 Å². The number of hydrogen-bond acceptors (Lipinski definition) is 1. The predicted octanol–water partition coefficient (Wildman–Crippen LogP) is 4.48. The van der Waals surface area contributed by atoms with E-state index in [9.17, 15) is 0 Å². The highest BCUT2D eigenvalue weighted by atomic mass is 14.9. The second-order valence-corrected chi connectivity index (χ2v) is 5.15. The molecule has 0 amide bonds. The van der Waals surface area contributed by atoms with Gasteiger partial charge < -0.3 is 5.32 Å². The second kappa shape index (κ2) is 4.85. The molecule has 18 heavy (non-hydrogen) atoms. The van der Waals surface area contributed by atoms with Gasteiger partial charge in [0.1, 0.15) is 0 Å². The highest BCUT2D eigenvalue weighted by molar-refractivity contribution is 5.48. The first-order valence-corrected chi connectivity index (χ1v) is 6.74. The van der Waals surface area contributed by atoms with Crippen LogP contribution in [-0.2, 0) is 6.42 Å². The average molecular weight is 237 g/mol. The lowest BCUT2D eigenvalue weighted by Gasteiger charge is -2.27. The van der Waals surface area contributed by atoms with Gasteiger partial charge in [-0.05, 0) is 49.4 Å². The van der Waals surface area contributed by atoms with Gasteiger partial charge in [0.25, 0.3) is 0 Å². The molecular weight excluding hydrogens is 218 g/mol. The lowest BCUT2D eigenvalue weighted by atomic mass is 9.87. The fourth-order valence-electron chi connectivity index (χ4n) is 2.75. The third-order valence-corrected chi connectivity index (χ3v) is 3.76. The van der Waals surface area contributed by atoms with Crippen molar-refractivity contribution in [2.75, 3.05) is 5.32 Å². The maximum absolute atomic E-state index is 3.66. The minimum Gasteiger partial charge on any atom is -0.378 e. The van der Waals surface area contributed by atoms with Crippen molar-refractivity contribution >= 4 is 5.69 Å². The van der Waals surface area contributed by atoms with Gasteiger partial charge >= 0.3 is 0 Å². The molecule has 0 saturated carbocycles. The molecule has 0 aromatic heterocycles. The Morgan fingerprint density at radius 1 is 1.00 bits per heavy atom. The van der Waals surface area contributed by atoms with Crippen molar-refractivity contribution in [3.05, 3.63) is 65.2 Å². The van der Waals surface area contributed by atoms with Crippen LogP contribution in [0.25, 0.3) is 0 Å². The first-order chi connectivity index (χ1) is 8.83. The summed E-state index contributed by atoms with van der Waals surface area (Å²) >= 11 is 0. The summed E-state index contributed by atoms with van der Waals surface area (Å²) in [4.78, 5) is 0. The van der Waals surface area contributed by atoms with E-state index < -0.39 is 0 Å². The molecule has 1 atom stereocenters. The summed E-state index contributed by atoms with van der Waals surface area (Å²) in [7, 11) is 0. The SMILES string of the molecule is Cc1ccc(N[C@H]2CCCc3ccccc32)cc1. The van der Waals surface area contributed by atoms with Crippen LogP contribution in [0, 0.1) is 6.92 Å². The smallest absolute Gasteiger partial charge is 0.0516 e. The molecule has 0 fully saturated rings. The van der Waals surface area contributed by atoms with Gasteiger partial charge in [0.05, 0.1) is 6.04 Å². The summed E-state index contributed by atoms with van der Waals surface area (Å²) < 4.78 is 0. The van der Waals surface area contributed by atoms with E-state index in [1.54, 1.807) is 0 Å². The zero-order chi connectivity index (χ0) is 12.4. The zero-order valence-electron chi connectivity index (χ0n) is 10.8. The third-order valence-electron chi connectivity index (χ3n) is 3.76. The molecule has 2 aromatic rings. The second-order valence-electron chi connectivity index (χ2n) is 5.15. The molecule has 2 aromatic carbocycles. The summed E-state index contributed by atoms with van der Waals surface area (Å²) in [6, 6.07) is 18.0. The summed E-state index contributed by atoms with van der Waals surface area (Å²) in [5.74, 6) is 0. The van der Waals surface area contributed by atoms with Crippen molar-refractivity contribution in [2.24, 2.45) is 0 Å². The largest absolute Gasteiger partial charge is 0.378 e. The normalized spacial score (nSPS) is 18.2. The molecule has 1 nitrogen and oxygen atoms in total. The summed E-state index contributed by atoms with van der Waals surface area (Å²) in [5, 5.41) is 3.66. The van der Waals surface area contributed by atoms with Crippen molar-refractivity contribution in [3.8, 4) is 0 Å². The Balaban J connectivity index is 1.84. The number of hydrogen-bond donors (Lipinski definition) is 1. The van der Waals surface area contributed by atoms with Crippen LogP contribution in [0.2, 0.25) is 0 Å². The Labute approximate surface area is 109 Å². The summed E-state index contributed by atoms with van der Waals surface area (Å²) in [5.41, 5.74) is 5.52. The average Bonchev–Trinajstić information content (AvgIpc) is 2.42. The van der Waals surface area contributed by atoms with Gasteiger partial charge in [-0.15, -0.1) is 0 Å². The molecule has 92 valence electrons. The van der Waals surface area contributed by atoms with Gasteiger partial charge in [0.15, 0.2) is 0 Å². The zero-order valence-corrected chi connectivity index (χ0v) is 10.8. The van der Waals surface area contributed by atoms with Crippen molar-refractivity contribution in [1.82, 2.24) is 0 Å². The molecule has 1 aliphatic rings. The monoisotopic (exact) mass is 237 g/mol. The molecule has 0 saturated heterocycles. The standard InChI is InChI=1S/C17H19N/c1-13-9-11-15(12-10-13)18-17-8-4-6-14-5-2-3-7-16(14)17/h2-3,5,7,9-12,17-18H,4,6,8H2,1H3/t17-/m0/s1. The van der Waals surface area contributed by atoms with E-state index in [0.29, 0.717) is 6.04 Å². The Morgan fingerprint density at radius 3 is 2.61 bits per heavy atom. The van der Waals surface area contributed by atoms with E-state index in [0.717, 1.165) is 0 Å². The minimum atomic E-state index is 0.470. The van der Waals surface area contributed by atoms with Crippen LogP contribution < -0.4 is 5.32 Å². The molecule has 0 heterocycles. The molecule has 0 bridgehead atoms. The molecule has 0 spiro atoms. The van der Waals surface area contributed by atoms with Crippen molar-refractivity contribution < 1.29 is 0 Å². The summed E-state index contributed by atoms with van der Waals surface area (Å²) in [6.45, 7) is 2.12. The number of benzene rings is 2. The molecule has 1 heteroatoms. The lowest BCUT2D eigenvalue weighted by Crippen LogP contribution is -2.17. The minimum absolute atomic E-state index is 0.470. The number of nitrogens with one attached hydrogen (secondary N) is 1. The highest BCUT2D eigenvalue weighted by Crippen LogP contribution is 2.32. The Kier molecular flexibility index (Phi) is 3.06. The molecule has 3 rings (SSSR count). The Hall–Kier alpha value is -1.76. The van der Waals surface area contributed by atoms with Crippen molar-refractivity contribution in [3.63, 3.8) is 0 Å². The molecular formula is C17H19N. The van der Waals surface area contributed by atoms with E-state index >= 15 is 0 Å². The van der Waals surface area contributed by atoms with E-state index in [2.05, 4.69) is 60.8 Å². The molecule has 1 N–H and O–H groups in total. The van der Waals surface area contributed by atoms with Gasteiger partial charge in [0, 0.05) is 5.69 Å². The molecule has 0 radical (unpaired) electrons. The fraction of sp³-hybridized carbons (Fsp3) is 0.294. The van der Waals surface area contributed by atoms with Crippen molar-refractivity contribution in [1.29, 1.82) is 0 Å². The predicted molar refractivity (Wildman–Crippen MR) is 76.9 cm³/mol. The molecule has 1 aliphatic carbocycles. The highest BCUT2D eigenvalue weighted by Gasteiger charge is 2.19. The number of fused-ring (bicyclic) bond motifs is 1. The topological polar surface area (TPSA) is 12.0 Å². The Morgan fingerprint density at radius 2 is 1.78 bits per heavy atom. The molecule has 0 aliphatic heterocycles. The van der Waals surface area contributed by atoms with Gasteiger partial charge in [-0.2, -0.15) is 0 Å². The maximum Gasteiger partial charge on any atom is 0.0516 e. The van der Waals surface area contributed by atoms with Crippen molar-refractivity contribution in [2.45, 2.75) is 32.2 Å². The first-order valence-electron chi connectivity index (χ1n) is 6.74. The lowest BCUT2D eigenvalue weighted by molar-refractivity contribution is 0.600. The van der Waals surface area contributed by atoms with Crippen LogP contribution in [0.4, 0.5) is 5.69 Å². The number of aryl methyl sites for hydroxylation is 2. The van der Waals surface area contributed by atoms with Crippen LogP contribution >= 0.6 is 0 Å². The van der Waals surface area contributed by atoms with Crippen LogP contribution in [0.5, 0.6) is 0 Å². The molecule has 0 unspecified atom stereocenters. The Bertz CT molecular complexity index is 528. The van der Waals surface area contributed by atoms with Crippen LogP contribution in [0.3, 0.4) is 0 Å². The van der Waals surface area contributed by atoms with E-state index in [1.807, 2.05) is 0 Å². The van der Waals surface area contributed by atoms with E-state index in [1.165, 1.54) is 41.6 Å².